The minimum atomic E-state index is -0.421. The summed E-state index contributed by atoms with van der Waals surface area (Å²) < 4.78 is 10.9. The number of nitrogens with zero attached hydrogens (tertiary/aromatic N) is 1. The molecule has 0 aromatic carbocycles. The van der Waals surface area contributed by atoms with Crippen LogP contribution in [0.5, 0.6) is 0 Å². The molecule has 128 valence electrons. The van der Waals surface area contributed by atoms with E-state index in [1.165, 1.54) is 12.8 Å². The Morgan fingerprint density at radius 2 is 1.77 bits per heavy atom. The number of carbonyl (C=O) groups is 1. The second-order valence-corrected chi connectivity index (χ2v) is 7.64. The predicted molar refractivity (Wildman–Crippen MR) is 87.0 cm³/mol. The highest BCUT2D eigenvalue weighted by Gasteiger charge is 2.29. The van der Waals surface area contributed by atoms with Crippen LogP contribution in [-0.4, -0.2) is 55.0 Å². The van der Waals surface area contributed by atoms with Gasteiger partial charge in [0.1, 0.15) is 5.60 Å². The molecule has 5 nitrogen and oxygen atoms in total. The lowest BCUT2D eigenvalue weighted by Gasteiger charge is -2.37. The van der Waals surface area contributed by atoms with Crippen LogP contribution in [-0.2, 0) is 9.47 Å². The second-order valence-electron chi connectivity index (χ2n) is 7.64. The molecule has 22 heavy (non-hydrogen) atoms. The van der Waals surface area contributed by atoms with Crippen molar-refractivity contribution in [2.75, 3.05) is 20.2 Å². The summed E-state index contributed by atoms with van der Waals surface area (Å²) in [4.78, 5) is 14.0. The van der Waals surface area contributed by atoms with Crippen LogP contribution in [0, 0.1) is 0 Å². The molecule has 1 amide bonds. The first-order chi connectivity index (χ1) is 10.4. The fourth-order valence-corrected chi connectivity index (χ4v) is 3.40. The first-order valence-corrected chi connectivity index (χ1v) is 8.64. The molecule has 0 aromatic heterocycles. The molecule has 1 heterocycles. The molecule has 2 fully saturated rings. The van der Waals surface area contributed by atoms with Gasteiger partial charge in [-0.05, 0) is 59.3 Å². The van der Waals surface area contributed by atoms with E-state index in [-0.39, 0.29) is 6.09 Å². The topological polar surface area (TPSA) is 50.8 Å². The second kappa shape index (κ2) is 7.64. The van der Waals surface area contributed by atoms with Crippen LogP contribution < -0.4 is 5.32 Å². The maximum absolute atomic E-state index is 12.2. The predicted octanol–water partition coefficient (Wildman–Crippen LogP) is 2.93. The van der Waals surface area contributed by atoms with Crippen LogP contribution >= 0.6 is 0 Å². The molecule has 1 unspecified atom stereocenters. The summed E-state index contributed by atoms with van der Waals surface area (Å²) in [6.45, 7) is 7.32. The van der Waals surface area contributed by atoms with Gasteiger partial charge in [0.2, 0.25) is 0 Å². The molecular weight excluding hydrogens is 280 g/mol. The summed E-state index contributed by atoms with van der Waals surface area (Å²) in [5, 5.41) is 3.75. The van der Waals surface area contributed by atoms with E-state index in [4.69, 9.17) is 9.47 Å². The standard InChI is InChI=1S/C17H32N2O3/c1-17(2,3)22-16(20)19-11-5-6-14(12-19)18-13-7-9-15(21-4)10-8-13/h13-15,18H,5-12H2,1-4H3. The lowest BCUT2D eigenvalue weighted by Crippen LogP contribution is -2.52. The molecule has 5 heteroatoms. The largest absolute Gasteiger partial charge is 0.444 e. The molecule has 1 atom stereocenters. The quantitative estimate of drug-likeness (QED) is 0.870. The SMILES string of the molecule is COC1CCC(NC2CCCN(C(=O)OC(C)(C)C)C2)CC1. The summed E-state index contributed by atoms with van der Waals surface area (Å²) in [7, 11) is 1.80. The molecule has 0 radical (unpaired) electrons. The van der Waals surface area contributed by atoms with Crippen LogP contribution in [0.15, 0.2) is 0 Å². The van der Waals surface area contributed by atoms with Crippen molar-refractivity contribution >= 4 is 6.09 Å². The molecule has 2 rings (SSSR count). The van der Waals surface area contributed by atoms with E-state index >= 15 is 0 Å². The Bertz CT molecular complexity index is 359. The van der Waals surface area contributed by atoms with Crippen molar-refractivity contribution in [3.63, 3.8) is 0 Å². The van der Waals surface area contributed by atoms with Crippen molar-refractivity contribution in [1.29, 1.82) is 0 Å². The maximum Gasteiger partial charge on any atom is 0.410 e. The van der Waals surface area contributed by atoms with Crippen LogP contribution in [0.25, 0.3) is 0 Å². The number of hydrogen-bond acceptors (Lipinski definition) is 4. The van der Waals surface area contributed by atoms with E-state index < -0.39 is 5.60 Å². The first kappa shape index (κ1) is 17.5. The number of piperidine rings is 1. The van der Waals surface area contributed by atoms with Gasteiger partial charge in [0, 0.05) is 32.3 Å². The number of methoxy groups -OCH3 is 1. The minimum Gasteiger partial charge on any atom is -0.444 e. The van der Waals surface area contributed by atoms with Crippen LogP contribution in [0.2, 0.25) is 0 Å². The van der Waals surface area contributed by atoms with E-state index in [9.17, 15) is 4.79 Å². The van der Waals surface area contributed by atoms with Crippen LogP contribution in [0.4, 0.5) is 4.79 Å². The van der Waals surface area contributed by atoms with Crippen molar-refractivity contribution in [3.8, 4) is 0 Å². The fraction of sp³-hybridized carbons (Fsp3) is 0.941. The Balaban J connectivity index is 1.77. The van der Waals surface area contributed by atoms with Crippen molar-refractivity contribution in [2.45, 2.75) is 83.1 Å². The summed E-state index contributed by atoms with van der Waals surface area (Å²) >= 11 is 0. The molecule has 1 aliphatic carbocycles. The third kappa shape index (κ3) is 5.43. The van der Waals surface area contributed by atoms with Crippen molar-refractivity contribution < 1.29 is 14.3 Å². The van der Waals surface area contributed by atoms with Gasteiger partial charge in [0.25, 0.3) is 0 Å². The molecule has 0 aromatic rings. The summed E-state index contributed by atoms with van der Waals surface area (Å²) in [6.07, 6.45) is 7.05. The molecule has 0 bridgehead atoms. The van der Waals surface area contributed by atoms with E-state index in [1.54, 1.807) is 7.11 Å². The van der Waals surface area contributed by atoms with Gasteiger partial charge in [-0.25, -0.2) is 4.79 Å². The average molecular weight is 312 g/mol. The first-order valence-electron chi connectivity index (χ1n) is 8.64. The number of carbonyl (C=O) groups excluding carboxylic acids is 1. The molecule has 1 saturated heterocycles. The third-order valence-electron chi connectivity index (χ3n) is 4.55. The highest BCUT2D eigenvalue weighted by molar-refractivity contribution is 5.68. The maximum atomic E-state index is 12.2. The van der Waals surface area contributed by atoms with Gasteiger partial charge in [0.05, 0.1) is 6.10 Å². The molecule has 0 spiro atoms. The van der Waals surface area contributed by atoms with E-state index in [2.05, 4.69) is 5.32 Å². The van der Waals surface area contributed by atoms with Crippen molar-refractivity contribution in [2.24, 2.45) is 0 Å². The van der Waals surface area contributed by atoms with E-state index in [0.29, 0.717) is 18.2 Å². The lowest BCUT2D eigenvalue weighted by molar-refractivity contribution is 0.0173. The Hall–Kier alpha value is -0.810. The average Bonchev–Trinajstić information content (AvgIpc) is 2.46. The zero-order chi connectivity index (χ0) is 16.2. The van der Waals surface area contributed by atoms with Crippen molar-refractivity contribution in [1.82, 2.24) is 10.2 Å². The number of likely N-dealkylation sites (tertiary alicyclic amines) is 1. The Labute approximate surface area is 134 Å². The number of ether oxygens (including phenoxy) is 2. The highest BCUT2D eigenvalue weighted by Crippen LogP contribution is 2.22. The van der Waals surface area contributed by atoms with Crippen molar-refractivity contribution in [3.05, 3.63) is 0 Å². The van der Waals surface area contributed by atoms with E-state index in [1.807, 2.05) is 25.7 Å². The smallest absolute Gasteiger partial charge is 0.410 e. The molecular formula is C17H32N2O3. The van der Waals surface area contributed by atoms with Gasteiger partial charge in [-0.15, -0.1) is 0 Å². The van der Waals surface area contributed by atoms with Gasteiger partial charge in [-0.1, -0.05) is 0 Å². The van der Waals surface area contributed by atoms with Crippen LogP contribution in [0.1, 0.15) is 59.3 Å². The monoisotopic (exact) mass is 312 g/mol. The van der Waals surface area contributed by atoms with Gasteiger partial charge in [-0.3, -0.25) is 0 Å². The molecule has 2 aliphatic rings. The zero-order valence-corrected chi connectivity index (χ0v) is 14.6. The minimum absolute atomic E-state index is 0.179. The Kier molecular flexibility index (Phi) is 6.09. The number of nitrogens with one attached hydrogen (secondary N) is 1. The number of amides is 1. The van der Waals surface area contributed by atoms with Gasteiger partial charge < -0.3 is 19.7 Å². The zero-order valence-electron chi connectivity index (χ0n) is 14.6. The fourth-order valence-electron chi connectivity index (χ4n) is 3.40. The third-order valence-corrected chi connectivity index (χ3v) is 4.55. The summed E-state index contributed by atoms with van der Waals surface area (Å²) in [5.41, 5.74) is -0.421. The normalized spacial score (nSPS) is 30.2. The molecule has 1 aliphatic heterocycles. The van der Waals surface area contributed by atoms with Gasteiger partial charge in [0.15, 0.2) is 0 Å². The van der Waals surface area contributed by atoms with Gasteiger partial charge in [-0.2, -0.15) is 0 Å². The van der Waals surface area contributed by atoms with Gasteiger partial charge >= 0.3 is 6.09 Å². The number of hydrogen-bond donors (Lipinski definition) is 1. The summed E-state index contributed by atoms with van der Waals surface area (Å²) in [5.74, 6) is 0. The Morgan fingerprint density at radius 1 is 1.09 bits per heavy atom. The Morgan fingerprint density at radius 3 is 2.36 bits per heavy atom. The molecule has 1 N–H and O–H groups in total. The summed E-state index contributed by atoms with van der Waals surface area (Å²) in [6, 6.07) is 0.959. The van der Waals surface area contributed by atoms with E-state index in [0.717, 1.165) is 38.8 Å². The van der Waals surface area contributed by atoms with Crippen LogP contribution in [0.3, 0.4) is 0 Å². The molecule has 1 saturated carbocycles. The highest BCUT2D eigenvalue weighted by atomic mass is 16.6. The number of rotatable bonds is 3. The lowest BCUT2D eigenvalue weighted by atomic mass is 9.91.